The number of piperazine rings is 1. The van der Waals surface area contributed by atoms with Gasteiger partial charge in [-0.2, -0.15) is 0 Å². The largest absolute Gasteiger partial charge is 0.484 e. The minimum Gasteiger partial charge on any atom is -0.484 e. The number of amides is 2. The summed E-state index contributed by atoms with van der Waals surface area (Å²) in [5.41, 5.74) is 1.32. The second kappa shape index (κ2) is 9.55. The maximum absolute atomic E-state index is 12.4. The number of hydrogen-bond donors (Lipinski definition) is 1. The Balaban J connectivity index is 1.73. The highest BCUT2D eigenvalue weighted by Crippen LogP contribution is 2.24. The first kappa shape index (κ1) is 21.0. The first-order valence-corrected chi connectivity index (χ1v) is 9.40. The Morgan fingerprint density at radius 2 is 1.78 bits per heavy atom. The van der Waals surface area contributed by atoms with E-state index in [1.165, 1.54) is 5.56 Å². The summed E-state index contributed by atoms with van der Waals surface area (Å²) in [4.78, 5) is 27.9. The fourth-order valence-electron chi connectivity index (χ4n) is 2.89. The van der Waals surface area contributed by atoms with E-state index < -0.39 is 0 Å². The van der Waals surface area contributed by atoms with Crippen molar-refractivity contribution in [3.63, 3.8) is 0 Å². The number of ether oxygens (including phenoxy) is 1. The van der Waals surface area contributed by atoms with Crippen molar-refractivity contribution < 1.29 is 14.3 Å². The van der Waals surface area contributed by atoms with Crippen molar-refractivity contribution in [2.45, 2.75) is 26.2 Å². The molecule has 1 aromatic carbocycles. The average Bonchev–Trinajstić information content (AvgIpc) is 2.64. The van der Waals surface area contributed by atoms with Crippen LogP contribution in [-0.2, 0) is 15.0 Å². The molecule has 1 aliphatic rings. The Hall–Kier alpha value is -2.34. The Kier molecular flexibility index (Phi) is 7.42. The Labute approximate surface area is 162 Å². The van der Waals surface area contributed by atoms with Crippen molar-refractivity contribution in [2.75, 3.05) is 45.9 Å². The van der Waals surface area contributed by atoms with E-state index in [0.29, 0.717) is 45.0 Å². The smallest absolute Gasteiger partial charge is 0.260 e. The zero-order valence-electron chi connectivity index (χ0n) is 16.7. The molecule has 27 heavy (non-hydrogen) atoms. The molecule has 0 bridgehead atoms. The molecule has 0 spiro atoms. The molecule has 0 aromatic heterocycles. The quantitative estimate of drug-likeness (QED) is 0.741. The van der Waals surface area contributed by atoms with Crippen molar-refractivity contribution >= 4 is 11.8 Å². The van der Waals surface area contributed by atoms with Crippen LogP contribution in [0.15, 0.2) is 36.9 Å². The van der Waals surface area contributed by atoms with E-state index in [1.54, 1.807) is 11.0 Å². The van der Waals surface area contributed by atoms with E-state index in [9.17, 15) is 9.59 Å². The SMILES string of the molecule is C=CCNC(=O)CN1CCN(C(=O)COc2ccc(C(C)(C)C)cc2)CC1. The summed E-state index contributed by atoms with van der Waals surface area (Å²) >= 11 is 0. The summed E-state index contributed by atoms with van der Waals surface area (Å²) in [6.45, 7) is 13.5. The second-order valence-corrected chi connectivity index (χ2v) is 7.81. The minimum absolute atomic E-state index is 0.0169. The zero-order chi connectivity index (χ0) is 19.9. The fourth-order valence-corrected chi connectivity index (χ4v) is 2.89. The molecule has 0 aliphatic carbocycles. The third kappa shape index (κ3) is 6.71. The van der Waals surface area contributed by atoms with Gasteiger partial charge in [0.1, 0.15) is 5.75 Å². The van der Waals surface area contributed by atoms with Crippen molar-refractivity contribution in [1.82, 2.24) is 15.1 Å². The summed E-state index contributed by atoms with van der Waals surface area (Å²) < 4.78 is 5.65. The number of nitrogens with zero attached hydrogens (tertiary/aromatic N) is 2. The van der Waals surface area contributed by atoms with Crippen LogP contribution >= 0.6 is 0 Å². The number of carbonyl (C=O) groups is 2. The molecule has 6 nitrogen and oxygen atoms in total. The topological polar surface area (TPSA) is 61.9 Å². The van der Waals surface area contributed by atoms with Crippen molar-refractivity contribution in [3.05, 3.63) is 42.5 Å². The molecule has 2 amide bonds. The Morgan fingerprint density at radius 3 is 2.33 bits per heavy atom. The number of rotatable bonds is 7. The zero-order valence-corrected chi connectivity index (χ0v) is 16.7. The molecule has 148 valence electrons. The third-order valence-electron chi connectivity index (χ3n) is 4.62. The molecule has 1 fully saturated rings. The van der Waals surface area contributed by atoms with Crippen LogP contribution in [0.5, 0.6) is 5.75 Å². The second-order valence-electron chi connectivity index (χ2n) is 7.81. The highest BCUT2D eigenvalue weighted by molar-refractivity contribution is 5.79. The van der Waals surface area contributed by atoms with Gasteiger partial charge in [0.15, 0.2) is 6.61 Å². The van der Waals surface area contributed by atoms with E-state index >= 15 is 0 Å². The first-order chi connectivity index (χ1) is 12.8. The van der Waals surface area contributed by atoms with Crippen LogP contribution in [0.25, 0.3) is 0 Å². The van der Waals surface area contributed by atoms with Gasteiger partial charge in [0, 0.05) is 32.7 Å². The molecule has 1 N–H and O–H groups in total. The molecule has 2 rings (SSSR count). The molecular formula is C21H31N3O3. The van der Waals surface area contributed by atoms with Gasteiger partial charge in [-0.3, -0.25) is 14.5 Å². The number of nitrogens with one attached hydrogen (secondary N) is 1. The Bertz CT molecular complexity index is 642. The lowest BCUT2D eigenvalue weighted by Crippen LogP contribution is -2.52. The minimum atomic E-state index is -0.0225. The van der Waals surface area contributed by atoms with E-state index in [1.807, 2.05) is 29.2 Å². The van der Waals surface area contributed by atoms with E-state index in [-0.39, 0.29) is 23.8 Å². The molecular weight excluding hydrogens is 342 g/mol. The van der Waals surface area contributed by atoms with Gasteiger partial charge in [-0.25, -0.2) is 0 Å². The van der Waals surface area contributed by atoms with Crippen LogP contribution in [0.2, 0.25) is 0 Å². The lowest BCUT2D eigenvalue weighted by molar-refractivity contribution is -0.135. The molecule has 1 aliphatic heterocycles. The maximum atomic E-state index is 12.4. The van der Waals surface area contributed by atoms with Crippen molar-refractivity contribution in [1.29, 1.82) is 0 Å². The summed E-state index contributed by atoms with van der Waals surface area (Å²) in [6.07, 6.45) is 1.66. The molecule has 0 unspecified atom stereocenters. The predicted octanol–water partition coefficient (Wildman–Crippen LogP) is 1.81. The molecule has 1 aromatic rings. The molecule has 0 atom stereocenters. The van der Waals surface area contributed by atoms with Gasteiger partial charge in [-0.05, 0) is 23.1 Å². The molecule has 6 heteroatoms. The Morgan fingerprint density at radius 1 is 1.15 bits per heavy atom. The summed E-state index contributed by atoms with van der Waals surface area (Å²) in [5.74, 6) is 0.663. The molecule has 1 heterocycles. The van der Waals surface area contributed by atoms with Crippen LogP contribution in [-0.4, -0.2) is 67.5 Å². The van der Waals surface area contributed by atoms with E-state index in [0.717, 1.165) is 0 Å². The third-order valence-corrected chi connectivity index (χ3v) is 4.62. The van der Waals surface area contributed by atoms with Crippen LogP contribution in [0, 0.1) is 0 Å². The van der Waals surface area contributed by atoms with Gasteiger partial charge in [-0.1, -0.05) is 39.0 Å². The summed E-state index contributed by atoms with van der Waals surface area (Å²) in [7, 11) is 0. The van der Waals surface area contributed by atoms with Crippen molar-refractivity contribution in [3.8, 4) is 5.75 Å². The van der Waals surface area contributed by atoms with Gasteiger partial charge >= 0.3 is 0 Å². The highest BCUT2D eigenvalue weighted by Gasteiger charge is 2.22. The number of hydrogen-bond acceptors (Lipinski definition) is 4. The van der Waals surface area contributed by atoms with Gasteiger partial charge in [0.25, 0.3) is 5.91 Å². The normalized spacial score (nSPS) is 15.3. The average molecular weight is 373 g/mol. The van der Waals surface area contributed by atoms with Gasteiger partial charge in [0.05, 0.1) is 6.54 Å². The highest BCUT2D eigenvalue weighted by atomic mass is 16.5. The monoisotopic (exact) mass is 373 g/mol. The lowest BCUT2D eigenvalue weighted by atomic mass is 9.87. The first-order valence-electron chi connectivity index (χ1n) is 9.40. The predicted molar refractivity (Wildman–Crippen MR) is 107 cm³/mol. The van der Waals surface area contributed by atoms with Crippen LogP contribution in [0.1, 0.15) is 26.3 Å². The van der Waals surface area contributed by atoms with Gasteiger partial charge in [-0.15, -0.1) is 6.58 Å². The number of carbonyl (C=O) groups excluding carboxylic acids is 2. The van der Waals surface area contributed by atoms with Crippen molar-refractivity contribution in [2.24, 2.45) is 0 Å². The van der Waals surface area contributed by atoms with E-state index in [4.69, 9.17) is 4.74 Å². The summed E-state index contributed by atoms with van der Waals surface area (Å²) in [5, 5.41) is 2.77. The maximum Gasteiger partial charge on any atom is 0.260 e. The van der Waals surface area contributed by atoms with Crippen LogP contribution in [0.4, 0.5) is 0 Å². The fraction of sp³-hybridized carbons (Fsp3) is 0.524. The molecule has 1 saturated heterocycles. The van der Waals surface area contributed by atoms with Crippen LogP contribution in [0.3, 0.4) is 0 Å². The molecule has 0 radical (unpaired) electrons. The standard InChI is InChI=1S/C21H31N3O3/c1-5-10-22-19(25)15-23-11-13-24(14-12-23)20(26)16-27-18-8-6-17(7-9-18)21(2,3)4/h5-9H,1,10-16H2,2-4H3,(H,22,25). The van der Waals surface area contributed by atoms with E-state index in [2.05, 4.69) is 32.7 Å². The molecule has 0 saturated carbocycles. The van der Waals surface area contributed by atoms with Gasteiger partial charge in [0.2, 0.25) is 5.91 Å². The summed E-state index contributed by atoms with van der Waals surface area (Å²) in [6, 6.07) is 7.90. The van der Waals surface area contributed by atoms with Gasteiger partial charge < -0.3 is 15.0 Å². The number of benzene rings is 1. The van der Waals surface area contributed by atoms with Crippen LogP contribution < -0.4 is 10.1 Å². The lowest BCUT2D eigenvalue weighted by Gasteiger charge is -2.34.